The summed E-state index contributed by atoms with van der Waals surface area (Å²) >= 11 is -0.0131. The summed E-state index contributed by atoms with van der Waals surface area (Å²) in [7, 11) is 1.87. The number of aromatic nitrogens is 1. The van der Waals surface area contributed by atoms with Gasteiger partial charge in [-0.2, -0.15) is 0 Å². The molecule has 0 spiro atoms. The standard InChI is InChI=1S/C13H11N5Se/c1-18-8-9(5-10(18)6-14)7-15-11-3-2-4-12-13(11)17-19-16-12/h2-5,8,15H,7H2,1H3. The molecular formula is C13H11N5Se. The van der Waals surface area contributed by atoms with Crippen molar-refractivity contribution in [3.8, 4) is 6.07 Å². The second-order valence-electron chi connectivity index (χ2n) is 4.25. The number of anilines is 1. The summed E-state index contributed by atoms with van der Waals surface area (Å²) < 4.78 is 10.6. The molecule has 1 aliphatic rings. The average molecular weight is 316 g/mol. The Morgan fingerprint density at radius 3 is 3.11 bits per heavy atom. The summed E-state index contributed by atoms with van der Waals surface area (Å²) in [4.78, 5) is 0. The van der Waals surface area contributed by atoms with Crippen molar-refractivity contribution in [1.29, 1.82) is 5.26 Å². The Bertz CT molecular complexity index is 747. The molecule has 0 bridgehead atoms. The van der Waals surface area contributed by atoms with Gasteiger partial charge in [0.1, 0.15) is 0 Å². The van der Waals surface area contributed by atoms with E-state index in [1.807, 2.05) is 42.1 Å². The molecule has 0 atom stereocenters. The van der Waals surface area contributed by atoms with Gasteiger partial charge in [0.25, 0.3) is 0 Å². The van der Waals surface area contributed by atoms with E-state index in [1.165, 1.54) is 0 Å². The van der Waals surface area contributed by atoms with E-state index < -0.39 is 0 Å². The van der Waals surface area contributed by atoms with Crippen molar-refractivity contribution in [3.05, 3.63) is 41.7 Å². The van der Waals surface area contributed by atoms with Gasteiger partial charge in [0.15, 0.2) is 0 Å². The summed E-state index contributed by atoms with van der Waals surface area (Å²) in [6.45, 7) is 0.675. The maximum atomic E-state index is 8.93. The predicted octanol–water partition coefficient (Wildman–Crippen LogP) is 2.86. The van der Waals surface area contributed by atoms with Gasteiger partial charge in [-0.3, -0.25) is 0 Å². The molecule has 0 saturated carbocycles. The van der Waals surface area contributed by atoms with Crippen molar-refractivity contribution in [2.45, 2.75) is 6.54 Å². The second kappa shape index (κ2) is 4.88. The summed E-state index contributed by atoms with van der Waals surface area (Å²) in [6, 6.07) is 10.0. The number of nitriles is 1. The molecule has 19 heavy (non-hydrogen) atoms. The van der Waals surface area contributed by atoms with Gasteiger partial charge >= 0.3 is 116 Å². The van der Waals surface area contributed by atoms with Crippen LogP contribution < -0.4 is 5.32 Å². The number of nitrogens with zero attached hydrogens (tertiary/aromatic N) is 4. The van der Waals surface area contributed by atoms with Crippen molar-refractivity contribution in [1.82, 2.24) is 4.57 Å². The average Bonchev–Trinajstić information content (AvgIpc) is 3.02. The minimum atomic E-state index is -0.0131. The summed E-state index contributed by atoms with van der Waals surface area (Å²) in [6.07, 6.45) is 1.96. The molecule has 0 radical (unpaired) electrons. The molecule has 0 aliphatic carbocycles. The Hall–Kier alpha value is -2.09. The van der Waals surface area contributed by atoms with Crippen LogP contribution in [0.3, 0.4) is 0 Å². The van der Waals surface area contributed by atoms with Crippen LogP contribution in [0.25, 0.3) is 0 Å². The van der Waals surface area contributed by atoms with Crippen molar-refractivity contribution in [2.75, 3.05) is 5.32 Å². The van der Waals surface area contributed by atoms with Crippen LogP contribution in [-0.2, 0) is 13.6 Å². The maximum absolute atomic E-state index is 8.93. The number of rotatable bonds is 3. The molecule has 0 saturated heterocycles. The quantitative estimate of drug-likeness (QED) is 0.755. The van der Waals surface area contributed by atoms with Gasteiger partial charge < -0.3 is 0 Å². The molecule has 0 unspecified atom stereocenters. The van der Waals surface area contributed by atoms with Gasteiger partial charge in [-0.25, -0.2) is 0 Å². The normalized spacial score (nSPS) is 11.8. The zero-order chi connectivity index (χ0) is 13.2. The fourth-order valence-electron chi connectivity index (χ4n) is 1.99. The molecule has 1 N–H and O–H groups in total. The first-order valence-electron chi connectivity index (χ1n) is 5.78. The van der Waals surface area contributed by atoms with Crippen LogP contribution in [0.2, 0.25) is 0 Å². The van der Waals surface area contributed by atoms with E-state index in [-0.39, 0.29) is 14.6 Å². The van der Waals surface area contributed by atoms with E-state index in [9.17, 15) is 0 Å². The third-order valence-electron chi connectivity index (χ3n) is 2.95. The van der Waals surface area contributed by atoms with Crippen LogP contribution in [0.5, 0.6) is 0 Å². The molecule has 1 aliphatic heterocycles. The van der Waals surface area contributed by atoms with Crippen LogP contribution in [0.1, 0.15) is 11.3 Å². The number of fused-ring (bicyclic) bond motifs is 1. The fraction of sp³-hybridized carbons (Fsp3) is 0.154. The third kappa shape index (κ3) is 2.26. The van der Waals surface area contributed by atoms with E-state index in [4.69, 9.17) is 5.26 Å². The van der Waals surface area contributed by atoms with Gasteiger partial charge in [0.05, 0.1) is 0 Å². The molecule has 2 heterocycles. The van der Waals surface area contributed by atoms with Crippen LogP contribution >= 0.6 is 0 Å². The molecule has 94 valence electrons. The van der Waals surface area contributed by atoms with E-state index in [1.54, 1.807) is 0 Å². The van der Waals surface area contributed by atoms with Crippen molar-refractivity contribution < 1.29 is 0 Å². The van der Waals surface area contributed by atoms with E-state index in [2.05, 4.69) is 19.3 Å². The van der Waals surface area contributed by atoms with Crippen LogP contribution in [0.4, 0.5) is 17.1 Å². The van der Waals surface area contributed by atoms with E-state index in [0.717, 1.165) is 22.6 Å². The Kier molecular flexibility index (Phi) is 3.08. The van der Waals surface area contributed by atoms with Crippen molar-refractivity contribution in [3.63, 3.8) is 0 Å². The Balaban J connectivity index is 1.79. The van der Waals surface area contributed by atoms with Crippen LogP contribution in [0.15, 0.2) is 38.4 Å². The number of aryl methyl sites for hydroxylation is 1. The molecule has 1 aromatic heterocycles. The fourth-order valence-corrected chi connectivity index (χ4v) is 3.14. The van der Waals surface area contributed by atoms with E-state index in [0.29, 0.717) is 12.2 Å². The molecule has 3 rings (SSSR count). The zero-order valence-electron chi connectivity index (χ0n) is 10.3. The molecule has 1 aromatic carbocycles. The molecule has 0 fully saturated rings. The molecule has 6 heteroatoms. The molecular weight excluding hydrogens is 305 g/mol. The van der Waals surface area contributed by atoms with Gasteiger partial charge in [0, 0.05) is 0 Å². The first-order valence-corrected chi connectivity index (χ1v) is 7.31. The first-order chi connectivity index (χ1) is 9.28. The van der Waals surface area contributed by atoms with Gasteiger partial charge in [-0.05, 0) is 0 Å². The number of hydrogen-bond donors (Lipinski definition) is 1. The summed E-state index contributed by atoms with van der Waals surface area (Å²) in [5.41, 5.74) is 4.67. The van der Waals surface area contributed by atoms with Gasteiger partial charge in [-0.1, -0.05) is 0 Å². The summed E-state index contributed by atoms with van der Waals surface area (Å²) in [5.74, 6) is 0. The van der Waals surface area contributed by atoms with Crippen molar-refractivity contribution >= 4 is 31.6 Å². The predicted molar refractivity (Wildman–Crippen MR) is 73.8 cm³/mol. The minimum absolute atomic E-state index is 0.0131. The number of nitrogens with one attached hydrogen (secondary N) is 1. The van der Waals surface area contributed by atoms with Crippen LogP contribution in [-0.4, -0.2) is 19.1 Å². The van der Waals surface area contributed by atoms with E-state index >= 15 is 0 Å². The zero-order valence-corrected chi connectivity index (χ0v) is 12.0. The number of hydrogen-bond acceptors (Lipinski definition) is 4. The third-order valence-corrected chi connectivity index (χ3v) is 4.08. The topological polar surface area (TPSA) is 65.5 Å². The molecule has 5 nitrogen and oxygen atoms in total. The van der Waals surface area contributed by atoms with Crippen LogP contribution in [0, 0.1) is 11.3 Å². The molecule has 0 amide bonds. The SMILES string of the molecule is Cn1cc(CNc2cccc3c2N=[Se]=N3)cc1C#N. The first kappa shape index (κ1) is 12.0. The Labute approximate surface area is 116 Å². The van der Waals surface area contributed by atoms with Gasteiger partial charge in [-0.15, -0.1) is 0 Å². The molecule has 2 aromatic rings. The van der Waals surface area contributed by atoms with Crippen molar-refractivity contribution in [2.24, 2.45) is 15.0 Å². The Morgan fingerprint density at radius 2 is 2.32 bits per heavy atom. The Morgan fingerprint density at radius 1 is 1.42 bits per heavy atom. The monoisotopic (exact) mass is 317 g/mol. The summed E-state index contributed by atoms with van der Waals surface area (Å²) in [5, 5.41) is 12.3. The number of benzene rings is 1. The second-order valence-corrected chi connectivity index (χ2v) is 5.36. The van der Waals surface area contributed by atoms with Gasteiger partial charge in [0.2, 0.25) is 0 Å².